The number of hydrogen-bond donors (Lipinski definition) is 2. The average molecular weight is 363 g/mol. The first-order valence-corrected chi connectivity index (χ1v) is 8.89. The van der Waals surface area contributed by atoms with Crippen LogP contribution in [0.3, 0.4) is 0 Å². The molecule has 0 aromatic carbocycles. The molecule has 24 heavy (non-hydrogen) atoms. The molecule has 1 aliphatic heterocycles. The van der Waals surface area contributed by atoms with Crippen molar-refractivity contribution in [2.24, 2.45) is 11.8 Å². The van der Waals surface area contributed by atoms with Gasteiger partial charge in [0.2, 0.25) is 5.91 Å². The first-order chi connectivity index (χ1) is 11.1. The summed E-state index contributed by atoms with van der Waals surface area (Å²) in [7, 11) is 0. The molecule has 140 valence electrons. The molecule has 0 bridgehead atoms. The maximum absolute atomic E-state index is 11.9. The van der Waals surface area contributed by atoms with Crippen molar-refractivity contribution in [2.45, 2.75) is 51.6 Å². The molecule has 2 N–H and O–H groups in total. The Kier molecular flexibility index (Phi) is 9.63. The summed E-state index contributed by atoms with van der Waals surface area (Å²) in [6, 6.07) is 0. The van der Waals surface area contributed by atoms with Crippen LogP contribution in [0.15, 0.2) is 0 Å². The third-order valence-electron chi connectivity index (χ3n) is 5.01. The zero-order valence-corrected chi connectivity index (χ0v) is 15.4. The first-order valence-electron chi connectivity index (χ1n) is 8.89. The third kappa shape index (κ3) is 6.95. The van der Waals surface area contributed by atoms with Gasteiger partial charge in [-0.05, 0) is 38.1 Å². The van der Waals surface area contributed by atoms with Gasteiger partial charge in [-0.25, -0.2) is 0 Å². The van der Waals surface area contributed by atoms with Gasteiger partial charge in [-0.15, -0.1) is 12.4 Å². The van der Waals surface area contributed by atoms with Crippen molar-refractivity contribution < 1.29 is 19.4 Å². The number of carboxylic acid groups (broad SMARTS) is 1. The minimum absolute atomic E-state index is 0. The smallest absolute Gasteiger partial charge is 0.307 e. The summed E-state index contributed by atoms with van der Waals surface area (Å²) in [5.74, 6) is -0.533. The Morgan fingerprint density at radius 3 is 2.67 bits per heavy atom. The molecule has 1 saturated carbocycles. The number of aliphatic carboxylic acids is 1. The SMILES string of the molecule is CC1CCCCC1OCCNC(=O)CN1CCCC(C(=O)O)C1.Cl. The number of carboxylic acids is 1. The molecule has 1 aliphatic carbocycles. The highest BCUT2D eigenvalue weighted by molar-refractivity contribution is 5.85. The second kappa shape index (κ2) is 10.9. The lowest BCUT2D eigenvalue weighted by atomic mass is 9.88. The lowest BCUT2D eigenvalue weighted by Crippen LogP contribution is -2.44. The number of carbonyl (C=O) groups excluding carboxylic acids is 1. The quantitative estimate of drug-likeness (QED) is 0.676. The van der Waals surface area contributed by atoms with Crippen molar-refractivity contribution in [3.63, 3.8) is 0 Å². The predicted molar refractivity (Wildman–Crippen MR) is 94.4 cm³/mol. The average Bonchev–Trinajstić information content (AvgIpc) is 2.53. The highest BCUT2D eigenvalue weighted by Gasteiger charge is 2.26. The number of nitrogens with zero attached hydrogens (tertiary/aromatic N) is 1. The minimum Gasteiger partial charge on any atom is -0.481 e. The molecule has 0 spiro atoms. The fraction of sp³-hybridized carbons (Fsp3) is 0.882. The van der Waals surface area contributed by atoms with Gasteiger partial charge in [0.25, 0.3) is 0 Å². The van der Waals surface area contributed by atoms with E-state index in [1.807, 2.05) is 4.90 Å². The number of nitrogens with one attached hydrogen (secondary N) is 1. The largest absolute Gasteiger partial charge is 0.481 e. The van der Waals surface area contributed by atoms with Crippen LogP contribution in [0.4, 0.5) is 0 Å². The first kappa shape index (κ1) is 21.2. The van der Waals surface area contributed by atoms with Gasteiger partial charge in [0, 0.05) is 13.1 Å². The Bertz CT molecular complexity index is 408. The molecule has 2 fully saturated rings. The van der Waals surface area contributed by atoms with Gasteiger partial charge in [-0.2, -0.15) is 0 Å². The monoisotopic (exact) mass is 362 g/mol. The summed E-state index contributed by atoms with van der Waals surface area (Å²) in [5.41, 5.74) is 0. The second-order valence-electron chi connectivity index (χ2n) is 6.93. The van der Waals surface area contributed by atoms with E-state index in [1.165, 1.54) is 19.3 Å². The van der Waals surface area contributed by atoms with Crippen LogP contribution in [0.1, 0.15) is 45.4 Å². The zero-order chi connectivity index (χ0) is 16.7. The number of amides is 1. The fourth-order valence-electron chi connectivity index (χ4n) is 3.59. The molecule has 2 rings (SSSR count). The van der Waals surface area contributed by atoms with Crippen LogP contribution in [-0.4, -0.2) is 60.8 Å². The molecule has 1 saturated heterocycles. The fourth-order valence-corrected chi connectivity index (χ4v) is 3.59. The van der Waals surface area contributed by atoms with Crippen LogP contribution in [0.5, 0.6) is 0 Å². The molecule has 1 amide bonds. The van der Waals surface area contributed by atoms with E-state index in [4.69, 9.17) is 9.84 Å². The van der Waals surface area contributed by atoms with Crippen LogP contribution in [0.25, 0.3) is 0 Å². The standard InChI is InChI=1S/C17H30N2O4.ClH/c1-13-5-2-3-7-15(13)23-10-8-18-16(20)12-19-9-4-6-14(11-19)17(21)22;/h13-15H,2-12H2,1H3,(H,18,20)(H,21,22);1H. The number of piperidine rings is 1. The molecule has 3 atom stereocenters. The van der Waals surface area contributed by atoms with Crippen LogP contribution in [-0.2, 0) is 14.3 Å². The highest BCUT2D eigenvalue weighted by Crippen LogP contribution is 2.25. The van der Waals surface area contributed by atoms with Crippen molar-refractivity contribution in [1.29, 1.82) is 0 Å². The maximum atomic E-state index is 11.9. The van der Waals surface area contributed by atoms with Gasteiger partial charge in [0.05, 0.1) is 25.2 Å². The Labute approximate surface area is 150 Å². The van der Waals surface area contributed by atoms with Gasteiger partial charge in [0.15, 0.2) is 0 Å². The van der Waals surface area contributed by atoms with Gasteiger partial charge < -0.3 is 15.2 Å². The number of ether oxygens (including phenoxy) is 1. The number of rotatable bonds is 7. The van der Waals surface area contributed by atoms with Gasteiger partial charge in [0.1, 0.15) is 0 Å². The molecule has 2 aliphatic rings. The lowest BCUT2D eigenvalue weighted by molar-refractivity contribution is -0.144. The Hall–Kier alpha value is -0.850. The molecule has 3 unspecified atom stereocenters. The molecule has 7 heteroatoms. The van der Waals surface area contributed by atoms with E-state index in [0.29, 0.717) is 38.1 Å². The van der Waals surface area contributed by atoms with Crippen molar-refractivity contribution in [3.8, 4) is 0 Å². The molecular weight excluding hydrogens is 332 g/mol. The summed E-state index contributed by atoms with van der Waals surface area (Å²) in [5, 5.41) is 11.9. The highest BCUT2D eigenvalue weighted by atomic mass is 35.5. The van der Waals surface area contributed by atoms with E-state index in [2.05, 4.69) is 12.2 Å². The van der Waals surface area contributed by atoms with Crippen molar-refractivity contribution in [3.05, 3.63) is 0 Å². The molecule has 0 aromatic rings. The van der Waals surface area contributed by atoms with Crippen LogP contribution in [0, 0.1) is 11.8 Å². The van der Waals surface area contributed by atoms with E-state index in [-0.39, 0.29) is 30.8 Å². The van der Waals surface area contributed by atoms with E-state index in [1.54, 1.807) is 0 Å². The van der Waals surface area contributed by atoms with Crippen LogP contribution in [0.2, 0.25) is 0 Å². The molecule has 0 radical (unpaired) electrons. The van der Waals surface area contributed by atoms with E-state index >= 15 is 0 Å². The van der Waals surface area contributed by atoms with Crippen LogP contribution < -0.4 is 5.32 Å². The van der Waals surface area contributed by atoms with Gasteiger partial charge >= 0.3 is 5.97 Å². The summed E-state index contributed by atoms with van der Waals surface area (Å²) < 4.78 is 5.88. The van der Waals surface area contributed by atoms with E-state index in [9.17, 15) is 9.59 Å². The molecule has 1 heterocycles. The van der Waals surface area contributed by atoms with E-state index < -0.39 is 5.97 Å². The van der Waals surface area contributed by atoms with Crippen LogP contribution >= 0.6 is 12.4 Å². The Morgan fingerprint density at radius 2 is 1.96 bits per heavy atom. The number of likely N-dealkylation sites (tertiary alicyclic amines) is 1. The van der Waals surface area contributed by atoms with Gasteiger partial charge in [-0.1, -0.05) is 19.8 Å². The summed E-state index contributed by atoms with van der Waals surface area (Å²) in [4.78, 5) is 24.9. The number of carbonyl (C=O) groups is 2. The number of halogens is 1. The van der Waals surface area contributed by atoms with E-state index in [0.717, 1.165) is 19.4 Å². The lowest BCUT2D eigenvalue weighted by Gasteiger charge is -2.30. The molecule has 0 aromatic heterocycles. The van der Waals surface area contributed by atoms with Gasteiger partial charge in [-0.3, -0.25) is 14.5 Å². The summed E-state index contributed by atoms with van der Waals surface area (Å²) in [6.07, 6.45) is 6.77. The Morgan fingerprint density at radius 1 is 1.21 bits per heavy atom. The second-order valence-corrected chi connectivity index (χ2v) is 6.93. The molecular formula is C17H31ClN2O4. The number of hydrogen-bond acceptors (Lipinski definition) is 4. The molecule has 6 nitrogen and oxygen atoms in total. The van der Waals surface area contributed by atoms with Crippen molar-refractivity contribution >= 4 is 24.3 Å². The predicted octanol–water partition coefficient (Wildman–Crippen LogP) is 1.92. The normalized spacial score (nSPS) is 28.0. The van der Waals surface area contributed by atoms with Crippen molar-refractivity contribution in [2.75, 3.05) is 32.8 Å². The zero-order valence-electron chi connectivity index (χ0n) is 14.5. The van der Waals surface area contributed by atoms with Crippen molar-refractivity contribution in [1.82, 2.24) is 10.2 Å². The Balaban J connectivity index is 0.00000288. The topological polar surface area (TPSA) is 78.9 Å². The minimum atomic E-state index is -0.759. The third-order valence-corrected chi connectivity index (χ3v) is 5.01. The summed E-state index contributed by atoms with van der Waals surface area (Å²) >= 11 is 0. The summed E-state index contributed by atoms with van der Waals surface area (Å²) in [6.45, 7) is 4.87. The maximum Gasteiger partial charge on any atom is 0.307 e.